The van der Waals surface area contributed by atoms with Gasteiger partial charge in [0, 0.05) is 13.1 Å². The Morgan fingerprint density at radius 3 is 2.21 bits per heavy atom. The molecule has 78 valence electrons. The molecule has 1 aliphatic heterocycles. The van der Waals surface area contributed by atoms with Gasteiger partial charge in [-0.3, -0.25) is 0 Å². The molecular formula is C11H16ClNO. The molecule has 0 unspecified atom stereocenters. The second-order valence-corrected chi connectivity index (χ2v) is 3.97. The summed E-state index contributed by atoms with van der Waals surface area (Å²) in [5.41, 5.74) is 1.28. The van der Waals surface area contributed by atoms with Gasteiger partial charge in [0.15, 0.2) is 0 Å². The van der Waals surface area contributed by atoms with Crippen LogP contribution in [0.4, 0.5) is 0 Å². The summed E-state index contributed by atoms with van der Waals surface area (Å²) in [7, 11) is 0. The summed E-state index contributed by atoms with van der Waals surface area (Å²) in [6.45, 7) is 6.10. The van der Waals surface area contributed by atoms with Gasteiger partial charge in [0.2, 0.25) is 0 Å². The molecule has 1 aromatic carbocycles. The van der Waals surface area contributed by atoms with E-state index >= 15 is 0 Å². The third kappa shape index (κ3) is 2.40. The van der Waals surface area contributed by atoms with Gasteiger partial charge in [-0.2, -0.15) is 0 Å². The smallest absolute Gasteiger partial charge is 0.131 e. The third-order valence-corrected chi connectivity index (χ3v) is 2.38. The minimum absolute atomic E-state index is 0. The van der Waals surface area contributed by atoms with Crippen molar-refractivity contribution in [2.75, 3.05) is 13.1 Å². The first-order valence-corrected chi connectivity index (χ1v) is 4.64. The second-order valence-electron chi connectivity index (χ2n) is 3.97. The summed E-state index contributed by atoms with van der Waals surface area (Å²) in [5, 5.41) is 3.21. The first-order valence-electron chi connectivity index (χ1n) is 4.64. The number of hydrogen-bond donors (Lipinski definition) is 1. The normalized spacial score (nSPS) is 17.9. The van der Waals surface area contributed by atoms with E-state index in [2.05, 4.69) is 31.3 Å². The predicted molar refractivity (Wildman–Crippen MR) is 60.3 cm³/mol. The first-order chi connectivity index (χ1) is 6.18. The van der Waals surface area contributed by atoms with Crippen LogP contribution in [0, 0.1) is 6.92 Å². The molecule has 1 fully saturated rings. The van der Waals surface area contributed by atoms with E-state index in [4.69, 9.17) is 4.74 Å². The summed E-state index contributed by atoms with van der Waals surface area (Å²) in [4.78, 5) is 0. The first kappa shape index (κ1) is 11.3. The highest BCUT2D eigenvalue weighted by molar-refractivity contribution is 5.85. The Hall–Kier alpha value is -0.730. The molecule has 3 heteroatoms. The molecule has 1 saturated heterocycles. The molecule has 14 heavy (non-hydrogen) atoms. The lowest BCUT2D eigenvalue weighted by molar-refractivity contribution is 0.0349. The van der Waals surface area contributed by atoms with E-state index in [1.54, 1.807) is 0 Å². The Balaban J connectivity index is 0.000000980. The highest BCUT2D eigenvalue weighted by Crippen LogP contribution is 2.21. The van der Waals surface area contributed by atoms with E-state index in [1.807, 2.05) is 12.1 Å². The van der Waals surface area contributed by atoms with E-state index in [1.165, 1.54) is 5.56 Å². The Morgan fingerprint density at radius 2 is 1.79 bits per heavy atom. The molecule has 2 rings (SSSR count). The third-order valence-electron chi connectivity index (χ3n) is 2.38. The zero-order chi connectivity index (χ0) is 9.31. The van der Waals surface area contributed by atoms with Crippen LogP contribution in [-0.2, 0) is 0 Å². The average Bonchev–Trinajstić information content (AvgIpc) is 2.06. The minimum atomic E-state index is 0. The van der Waals surface area contributed by atoms with Crippen molar-refractivity contribution in [2.24, 2.45) is 0 Å². The molecule has 0 radical (unpaired) electrons. The topological polar surface area (TPSA) is 21.3 Å². The fourth-order valence-corrected chi connectivity index (χ4v) is 1.44. The maximum absolute atomic E-state index is 5.83. The van der Waals surface area contributed by atoms with E-state index < -0.39 is 0 Å². The fraction of sp³-hybridized carbons (Fsp3) is 0.455. The summed E-state index contributed by atoms with van der Waals surface area (Å²) in [6, 6.07) is 8.20. The fourth-order valence-electron chi connectivity index (χ4n) is 1.44. The standard InChI is InChI=1S/C11H15NO.ClH/c1-9-3-5-10(6-4-9)13-11(2)7-12-8-11;/h3-6,12H,7-8H2,1-2H3;1H. The lowest BCUT2D eigenvalue weighted by atomic mass is 10.00. The van der Waals surface area contributed by atoms with E-state index in [0.717, 1.165) is 18.8 Å². The average molecular weight is 214 g/mol. The van der Waals surface area contributed by atoms with Crippen LogP contribution in [0.25, 0.3) is 0 Å². The summed E-state index contributed by atoms with van der Waals surface area (Å²) < 4.78 is 5.83. The number of hydrogen-bond acceptors (Lipinski definition) is 2. The molecule has 1 N–H and O–H groups in total. The van der Waals surface area contributed by atoms with Gasteiger partial charge >= 0.3 is 0 Å². The number of halogens is 1. The van der Waals surface area contributed by atoms with Crippen molar-refractivity contribution in [1.82, 2.24) is 5.32 Å². The maximum atomic E-state index is 5.83. The predicted octanol–water partition coefficient (Wildman–Crippen LogP) is 2.16. The summed E-state index contributed by atoms with van der Waals surface area (Å²) >= 11 is 0. The zero-order valence-corrected chi connectivity index (χ0v) is 9.36. The number of benzene rings is 1. The van der Waals surface area contributed by atoms with Crippen LogP contribution in [0.5, 0.6) is 5.75 Å². The van der Waals surface area contributed by atoms with Gasteiger partial charge in [-0.05, 0) is 26.0 Å². The van der Waals surface area contributed by atoms with Gasteiger partial charge in [0.05, 0.1) is 0 Å². The van der Waals surface area contributed by atoms with Crippen LogP contribution in [0.2, 0.25) is 0 Å². The van der Waals surface area contributed by atoms with Crippen molar-refractivity contribution in [3.8, 4) is 5.75 Å². The number of nitrogens with one attached hydrogen (secondary N) is 1. The molecule has 0 amide bonds. The number of aryl methyl sites for hydroxylation is 1. The molecule has 0 aliphatic carbocycles. The maximum Gasteiger partial charge on any atom is 0.131 e. The summed E-state index contributed by atoms with van der Waals surface area (Å²) in [5.74, 6) is 0.967. The van der Waals surface area contributed by atoms with Crippen molar-refractivity contribution < 1.29 is 4.74 Å². The van der Waals surface area contributed by atoms with E-state index in [-0.39, 0.29) is 18.0 Å². The largest absolute Gasteiger partial charge is 0.485 e. The molecule has 1 aromatic rings. The van der Waals surface area contributed by atoms with Gasteiger partial charge in [-0.15, -0.1) is 12.4 Å². The molecule has 0 aromatic heterocycles. The van der Waals surface area contributed by atoms with Crippen LogP contribution in [0.1, 0.15) is 12.5 Å². The van der Waals surface area contributed by atoms with Crippen LogP contribution < -0.4 is 10.1 Å². The second kappa shape index (κ2) is 4.20. The van der Waals surface area contributed by atoms with E-state index in [0.29, 0.717) is 0 Å². The van der Waals surface area contributed by atoms with Gasteiger partial charge < -0.3 is 10.1 Å². The van der Waals surface area contributed by atoms with Gasteiger partial charge in [0.25, 0.3) is 0 Å². The summed E-state index contributed by atoms with van der Waals surface area (Å²) in [6.07, 6.45) is 0. The van der Waals surface area contributed by atoms with Crippen molar-refractivity contribution in [2.45, 2.75) is 19.4 Å². The van der Waals surface area contributed by atoms with Crippen LogP contribution in [0.15, 0.2) is 24.3 Å². The highest BCUT2D eigenvalue weighted by Gasteiger charge is 2.33. The monoisotopic (exact) mass is 213 g/mol. The Morgan fingerprint density at radius 1 is 1.21 bits per heavy atom. The lowest BCUT2D eigenvalue weighted by Crippen LogP contribution is -2.60. The van der Waals surface area contributed by atoms with Crippen molar-refractivity contribution >= 4 is 12.4 Å². The SMILES string of the molecule is Cc1ccc(OC2(C)CNC2)cc1.Cl. The lowest BCUT2D eigenvalue weighted by Gasteiger charge is -2.39. The highest BCUT2D eigenvalue weighted by atomic mass is 35.5. The van der Waals surface area contributed by atoms with Gasteiger partial charge in [0.1, 0.15) is 11.4 Å². The molecular weight excluding hydrogens is 198 g/mol. The van der Waals surface area contributed by atoms with Crippen LogP contribution in [0.3, 0.4) is 0 Å². The Kier molecular flexibility index (Phi) is 3.40. The quantitative estimate of drug-likeness (QED) is 0.813. The van der Waals surface area contributed by atoms with Crippen molar-refractivity contribution in [3.63, 3.8) is 0 Å². The molecule has 0 spiro atoms. The van der Waals surface area contributed by atoms with Crippen molar-refractivity contribution in [3.05, 3.63) is 29.8 Å². The van der Waals surface area contributed by atoms with Crippen LogP contribution in [-0.4, -0.2) is 18.7 Å². The van der Waals surface area contributed by atoms with Gasteiger partial charge in [-0.25, -0.2) is 0 Å². The minimum Gasteiger partial charge on any atom is -0.485 e. The zero-order valence-electron chi connectivity index (χ0n) is 8.54. The molecule has 0 atom stereocenters. The molecule has 1 heterocycles. The molecule has 1 aliphatic rings. The van der Waals surface area contributed by atoms with Crippen LogP contribution >= 0.6 is 12.4 Å². The van der Waals surface area contributed by atoms with Gasteiger partial charge in [-0.1, -0.05) is 17.7 Å². The number of rotatable bonds is 2. The van der Waals surface area contributed by atoms with E-state index in [9.17, 15) is 0 Å². The Bertz CT molecular complexity index is 293. The Labute approximate surface area is 91.1 Å². The molecule has 2 nitrogen and oxygen atoms in total. The number of ether oxygens (including phenoxy) is 1. The molecule has 0 saturated carbocycles. The van der Waals surface area contributed by atoms with Crippen molar-refractivity contribution in [1.29, 1.82) is 0 Å². The molecule has 0 bridgehead atoms.